The Labute approximate surface area is 190 Å². The maximum atomic E-state index is 13.1. The van der Waals surface area contributed by atoms with Crippen LogP contribution in [0.25, 0.3) is 0 Å². The first-order valence-corrected chi connectivity index (χ1v) is 12.2. The number of carbonyl (C=O) groups excluding carboxylic acids is 2. The molecule has 1 aliphatic carbocycles. The van der Waals surface area contributed by atoms with Crippen LogP contribution in [0.5, 0.6) is 0 Å². The number of benzene rings is 1. The van der Waals surface area contributed by atoms with Gasteiger partial charge in [0.1, 0.15) is 5.00 Å². The lowest BCUT2D eigenvalue weighted by molar-refractivity contribution is -0.113. The monoisotopic (exact) mass is 479 g/mol. The number of fused-ring (bicyclic) bond motifs is 1. The number of nitrogen functional groups attached to an aromatic ring is 1. The van der Waals surface area contributed by atoms with E-state index in [1.165, 1.54) is 39.3 Å². The third-order valence-corrected chi connectivity index (χ3v) is 7.85. The van der Waals surface area contributed by atoms with Gasteiger partial charge in [0.2, 0.25) is 11.0 Å². The van der Waals surface area contributed by atoms with Crippen molar-refractivity contribution in [2.45, 2.75) is 30.0 Å². The molecule has 4 rings (SSSR count). The number of aryl methyl sites for hydroxylation is 1. The zero-order valence-corrected chi connectivity index (χ0v) is 18.9. The van der Waals surface area contributed by atoms with Crippen LogP contribution in [0.15, 0.2) is 28.6 Å². The highest BCUT2D eigenvalue weighted by Crippen LogP contribution is 2.39. The first-order valence-electron chi connectivity index (χ1n) is 9.22. The largest absolute Gasteiger partial charge is 0.374 e. The summed E-state index contributed by atoms with van der Waals surface area (Å²) in [5, 5.41) is 15.0. The molecule has 1 aliphatic rings. The van der Waals surface area contributed by atoms with Crippen molar-refractivity contribution in [2.24, 2.45) is 0 Å². The molecule has 11 heteroatoms. The lowest BCUT2D eigenvalue weighted by Crippen LogP contribution is -2.19. The molecule has 2 amide bonds. The van der Waals surface area contributed by atoms with Crippen LogP contribution in [0.2, 0.25) is 5.02 Å². The van der Waals surface area contributed by atoms with Crippen LogP contribution in [0, 0.1) is 0 Å². The van der Waals surface area contributed by atoms with Gasteiger partial charge in [-0.25, -0.2) is 0 Å². The molecule has 3 aromatic rings. The number of thioether (sulfide) groups is 1. The van der Waals surface area contributed by atoms with Gasteiger partial charge in [0, 0.05) is 15.6 Å². The molecular weight excluding hydrogens is 462 g/mol. The van der Waals surface area contributed by atoms with Crippen molar-refractivity contribution in [3.8, 4) is 0 Å². The number of hydrogen-bond acceptors (Lipinski definition) is 8. The van der Waals surface area contributed by atoms with E-state index in [1.54, 1.807) is 24.3 Å². The predicted octanol–water partition coefficient (Wildman–Crippen LogP) is 4.70. The first-order chi connectivity index (χ1) is 14.5. The van der Waals surface area contributed by atoms with Crippen molar-refractivity contribution in [2.75, 3.05) is 22.1 Å². The number of anilines is 3. The minimum Gasteiger partial charge on any atom is -0.374 e. The molecule has 0 saturated carbocycles. The Morgan fingerprint density at radius 1 is 1.10 bits per heavy atom. The Balaban J connectivity index is 1.52. The quantitative estimate of drug-likeness (QED) is 0.442. The summed E-state index contributed by atoms with van der Waals surface area (Å²) in [5.41, 5.74) is 7.82. The predicted molar refractivity (Wildman–Crippen MR) is 124 cm³/mol. The number of hydrogen-bond donors (Lipinski definition) is 3. The van der Waals surface area contributed by atoms with Gasteiger partial charge >= 0.3 is 0 Å². The van der Waals surface area contributed by atoms with Crippen LogP contribution >= 0.6 is 46.0 Å². The second kappa shape index (κ2) is 9.34. The van der Waals surface area contributed by atoms with Crippen LogP contribution in [0.4, 0.5) is 15.8 Å². The summed E-state index contributed by atoms with van der Waals surface area (Å²) in [4.78, 5) is 26.8. The first kappa shape index (κ1) is 21.1. The van der Waals surface area contributed by atoms with E-state index in [-0.39, 0.29) is 17.6 Å². The fourth-order valence-corrected chi connectivity index (χ4v) is 6.05. The second-order valence-electron chi connectivity index (χ2n) is 6.62. The van der Waals surface area contributed by atoms with E-state index in [0.717, 1.165) is 31.2 Å². The third kappa shape index (κ3) is 4.94. The summed E-state index contributed by atoms with van der Waals surface area (Å²) in [6.45, 7) is 0. The molecule has 4 N–H and O–H groups in total. The summed E-state index contributed by atoms with van der Waals surface area (Å²) in [6, 6.07) is 6.95. The minimum absolute atomic E-state index is 0.162. The van der Waals surface area contributed by atoms with Crippen LogP contribution in [-0.4, -0.2) is 27.8 Å². The van der Waals surface area contributed by atoms with Gasteiger partial charge in [-0.05, 0) is 55.5 Å². The lowest BCUT2D eigenvalue weighted by Gasteiger charge is -2.13. The zero-order chi connectivity index (χ0) is 21.1. The van der Waals surface area contributed by atoms with Gasteiger partial charge in [0.05, 0.1) is 11.3 Å². The Hall–Kier alpha value is -2.14. The Kier molecular flexibility index (Phi) is 6.57. The number of nitrogens with two attached hydrogens (primary N) is 1. The van der Waals surface area contributed by atoms with Gasteiger partial charge in [-0.15, -0.1) is 21.5 Å². The smallest absolute Gasteiger partial charge is 0.258 e. The molecule has 2 heterocycles. The number of halogens is 1. The molecule has 0 saturated heterocycles. The van der Waals surface area contributed by atoms with Gasteiger partial charge in [-0.2, -0.15) is 0 Å². The number of thiophene rings is 1. The second-order valence-corrected chi connectivity index (χ2v) is 10.4. The molecule has 1 aromatic carbocycles. The Morgan fingerprint density at radius 3 is 2.60 bits per heavy atom. The van der Waals surface area contributed by atoms with Crippen LogP contribution < -0.4 is 16.4 Å². The fraction of sp³-hybridized carbons (Fsp3) is 0.263. The molecule has 0 spiro atoms. The highest BCUT2D eigenvalue weighted by Gasteiger charge is 2.26. The molecule has 0 atom stereocenters. The summed E-state index contributed by atoms with van der Waals surface area (Å²) in [5.74, 6) is -0.264. The minimum atomic E-state index is -0.225. The fourth-order valence-electron chi connectivity index (χ4n) is 3.19. The van der Waals surface area contributed by atoms with E-state index in [4.69, 9.17) is 17.3 Å². The van der Waals surface area contributed by atoms with Crippen molar-refractivity contribution in [1.29, 1.82) is 0 Å². The van der Waals surface area contributed by atoms with Gasteiger partial charge in [0.15, 0.2) is 4.34 Å². The maximum absolute atomic E-state index is 13.1. The van der Waals surface area contributed by atoms with E-state index in [0.29, 0.717) is 30.7 Å². The van der Waals surface area contributed by atoms with Gasteiger partial charge < -0.3 is 16.4 Å². The Morgan fingerprint density at radius 2 is 1.87 bits per heavy atom. The van der Waals surface area contributed by atoms with E-state index < -0.39 is 0 Å². The van der Waals surface area contributed by atoms with E-state index in [1.807, 2.05) is 0 Å². The molecule has 30 heavy (non-hydrogen) atoms. The van der Waals surface area contributed by atoms with Gasteiger partial charge in [0.25, 0.3) is 5.91 Å². The molecule has 0 fully saturated rings. The topological polar surface area (TPSA) is 110 Å². The summed E-state index contributed by atoms with van der Waals surface area (Å²) >= 11 is 9.92. The molecule has 0 unspecified atom stereocenters. The highest BCUT2D eigenvalue weighted by molar-refractivity contribution is 8.01. The number of nitrogens with zero attached hydrogens (tertiary/aromatic N) is 2. The molecule has 156 valence electrons. The average molecular weight is 480 g/mol. The number of nitrogens with one attached hydrogen (secondary N) is 2. The molecular formula is C19H18ClN5O2S3. The Bertz CT molecular complexity index is 1080. The molecule has 0 radical (unpaired) electrons. The van der Waals surface area contributed by atoms with E-state index in [2.05, 4.69) is 20.8 Å². The SMILES string of the molecule is Nc1nnc(SCC(=O)Nc2sc3c(c2C(=O)Nc2ccc(Cl)cc2)CCCC3)s1. The molecule has 0 aliphatic heterocycles. The summed E-state index contributed by atoms with van der Waals surface area (Å²) in [7, 11) is 0. The van der Waals surface area contributed by atoms with Crippen molar-refractivity contribution in [1.82, 2.24) is 10.2 Å². The van der Waals surface area contributed by atoms with Gasteiger partial charge in [-0.3, -0.25) is 9.59 Å². The molecule has 2 aromatic heterocycles. The molecule has 0 bridgehead atoms. The standard InChI is InChI=1S/C19H18ClN5O2S3/c20-10-5-7-11(8-6-10)22-16(27)15-12-3-1-2-4-13(12)29-17(15)23-14(26)9-28-19-25-24-18(21)30-19/h5-8H,1-4,9H2,(H2,21,24)(H,22,27)(H,23,26). The summed E-state index contributed by atoms with van der Waals surface area (Å²) < 4.78 is 0.633. The molecule has 7 nitrogen and oxygen atoms in total. The third-order valence-electron chi connectivity index (χ3n) is 4.50. The number of carbonyl (C=O) groups is 2. The summed E-state index contributed by atoms with van der Waals surface area (Å²) in [6.07, 6.45) is 3.89. The number of aromatic nitrogens is 2. The van der Waals surface area contributed by atoms with E-state index >= 15 is 0 Å². The average Bonchev–Trinajstić information content (AvgIpc) is 3.31. The highest BCUT2D eigenvalue weighted by atomic mass is 35.5. The maximum Gasteiger partial charge on any atom is 0.258 e. The van der Waals surface area contributed by atoms with Crippen molar-refractivity contribution in [3.05, 3.63) is 45.3 Å². The van der Waals surface area contributed by atoms with E-state index in [9.17, 15) is 9.59 Å². The van der Waals surface area contributed by atoms with Crippen molar-refractivity contribution < 1.29 is 9.59 Å². The van der Waals surface area contributed by atoms with Gasteiger partial charge in [-0.1, -0.05) is 34.7 Å². The van der Waals surface area contributed by atoms with Crippen LogP contribution in [-0.2, 0) is 17.6 Å². The normalized spacial score (nSPS) is 13.0. The number of amides is 2. The van der Waals surface area contributed by atoms with Crippen molar-refractivity contribution in [3.63, 3.8) is 0 Å². The zero-order valence-electron chi connectivity index (χ0n) is 15.7. The lowest BCUT2D eigenvalue weighted by atomic mass is 9.95. The van der Waals surface area contributed by atoms with Crippen LogP contribution in [0.3, 0.4) is 0 Å². The van der Waals surface area contributed by atoms with Crippen LogP contribution in [0.1, 0.15) is 33.6 Å². The number of rotatable bonds is 6. The van der Waals surface area contributed by atoms with Crippen molar-refractivity contribution >= 4 is 73.7 Å².